The van der Waals surface area contributed by atoms with Crippen LogP contribution in [0.5, 0.6) is 0 Å². The van der Waals surface area contributed by atoms with Gasteiger partial charge in [0.1, 0.15) is 0 Å². The summed E-state index contributed by atoms with van der Waals surface area (Å²) in [4.78, 5) is 0. The van der Waals surface area contributed by atoms with Gasteiger partial charge in [-0.2, -0.15) is 24.5 Å². The molecule has 1 aliphatic heterocycles. The lowest BCUT2D eigenvalue weighted by Crippen LogP contribution is -2.47. The molecule has 1 fully saturated rings. The summed E-state index contributed by atoms with van der Waals surface area (Å²) in [7, 11) is -1.36. The highest BCUT2D eigenvalue weighted by atomic mass is 32.2. The molecule has 7 heteroatoms. The number of nitrogens with zero attached hydrogens (tertiary/aromatic N) is 1. The number of nitrogens with one attached hydrogen (secondary N) is 2. The van der Waals surface area contributed by atoms with Gasteiger partial charge in [-0.25, -0.2) is 4.72 Å². The van der Waals surface area contributed by atoms with Gasteiger partial charge < -0.3 is 5.32 Å². The molecular weight excluding hydrogens is 294 g/mol. The van der Waals surface area contributed by atoms with E-state index in [0.29, 0.717) is 25.6 Å². The minimum atomic E-state index is -3.28. The Balaban J connectivity index is 2.28. The molecule has 2 N–H and O–H groups in total. The summed E-state index contributed by atoms with van der Waals surface area (Å²) in [6.45, 7) is 2.75. The standard InChI is InChI=1S/C13H29N3O2S2/c1-14-11-13-7-6-9-16(12-13)20(17,18)15-8-4-3-5-10-19-2/h13-15H,3-12H2,1-2H3. The smallest absolute Gasteiger partial charge is 0.279 e. The molecule has 0 radical (unpaired) electrons. The van der Waals surface area contributed by atoms with Crippen molar-refractivity contribution in [1.29, 1.82) is 0 Å². The van der Waals surface area contributed by atoms with Crippen molar-refractivity contribution in [3.05, 3.63) is 0 Å². The van der Waals surface area contributed by atoms with Gasteiger partial charge in [-0.15, -0.1) is 0 Å². The summed E-state index contributed by atoms with van der Waals surface area (Å²) in [5.41, 5.74) is 0. The number of thioether (sulfide) groups is 1. The molecule has 1 rings (SSSR count). The molecule has 1 heterocycles. The first kappa shape index (κ1) is 18.2. The molecular formula is C13H29N3O2S2. The third-order valence-electron chi connectivity index (χ3n) is 3.62. The van der Waals surface area contributed by atoms with E-state index in [1.54, 1.807) is 4.31 Å². The molecule has 1 unspecified atom stereocenters. The Kier molecular flexibility index (Phi) is 9.11. The van der Waals surface area contributed by atoms with E-state index in [1.165, 1.54) is 0 Å². The lowest BCUT2D eigenvalue weighted by Gasteiger charge is -2.31. The monoisotopic (exact) mass is 323 g/mol. The lowest BCUT2D eigenvalue weighted by molar-refractivity contribution is 0.261. The molecule has 0 bridgehead atoms. The van der Waals surface area contributed by atoms with Crippen molar-refractivity contribution in [3.8, 4) is 0 Å². The first-order valence-corrected chi connectivity index (χ1v) is 10.3. The van der Waals surface area contributed by atoms with Gasteiger partial charge in [0, 0.05) is 19.6 Å². The van der Waals surface area contributed by atoms with E-state index in [9.17, 15) is 8.42 Å². The van der Waals surface area contributed by atoms with Gasteiger partial charge in [-0.1, -0.05) is 6.42 Å². The molecule has 0 amide bonds. The zero-order chi connectivity index (χ0) is 14.8. The van der Waals surface area contributed by atoms with E-state index in [0.717, 1.165) is 44.4 Å². The lowest BCUT2D eigenvalue weighted by atomic mass is 10.00. The Morgan fingerprint density at radius 1 is 1.30 bits per heavy atom. The zero-order valence-electron chi connectivity index (χ0n) is 12.7. The Morgan fingerprint density at radius 2 is 2.10 bits per heavy atom. The highest BCUT2D eigenvalue weighted by Crippen LogP contribution is 2.17. The van der Waals surface area contributed by atoms with Crippen molar-refractivity contribution in [2.24, 2.45) is 5.92 Å². The maximum Gasteiger partial charge on any atom is 0.279 e. The average molecular weight is 324 g/mol. The Morgan fingerprint density at radius 3 is 2.80 bits per heavy atom. The van der Waals surface area contributed by atoms with Gasteiger partial charge in [0.15, 0.2) is 0 Å². The topological polar surface area (TPSA) is 61.4 Å². The van der Waals surface area contributed by atoms with Crippen molar-refractivity contribution < 1.29 is 8.42 Å². The summed E-state index contributed by atoms with van der Waals surface area (Å²) < 4.78 is 28.8. The normalized spacial score (nSPS) is 21.2. The predicted molar refractivity (Wildman–Crippen MR) is 87.4 cm³/mol. The van der Waals surface area contributed by atoms with E-state index < -0.39 is 10.2 Å². The van der Waals surface area contributed by atoms with Crippen molar-refractivity contribution in [3.63, 3.8) is 0 Å². The third-order valence-corrected chi connectivity index (χ3v) is 5.90. The Hall–Kier alpha value is 0.180. The van der Waals surface area contributed by atoms with Crippen LogP contribution >= 0.6 is 11.8 Å². The predicted octanol–water partition coefficient (Wildman–Crippen LogP) is 1.29. The van der Waals surface area contributed by atoms with Crippen LogP contribution in [0.2, 0.25) is 0 Å². The number of rotatable bonds is 10. The van der Waals surface area contributed by atoms with Crippen LogP contribution in [0.15, 0.2) is 0 Å². The Bertz CT molecular complexity index is 348. The number of unbranched alkanes of at least 4 members (excludes halogenated alkanes) is 2. The van der Waals surface area contributed by atoms with Gasteiger partial charge in [-0.05, 0) is 57.2 Å². The summed E-state index contributed by atoms with van der Waals surface area (Å²) in [5, 5.41) is 3.14. The zero-order valence-corrected chi connectivity index (χ0v) is 14.4. The fraction of sp³-hybridized carbons (Fsp3) is 1.00. The van der Waals surface area contributed by atoms with Crippen molar-refractivity contribution in [1.82, 2.24) is 14.3 Å². The maximum atomic E-state index is 12.2. The molecule has 120 valence electrons. The highest BCUT2D eigenvalue weighted by Gasteiger charge is 2.27. The van der Waals surface area contributed by atoms with Gasteiger partial charge in [-0.3, -0.25) is 0 Å². The SMILES string of the molecule is CNCC1CCCN(S(=O)(=O)NCCCCCSC)C1. The molecule has 0 saturated carbocycles. The molecule has 5 nitrogen and oxygen atoms in total. The minimum Gasteiger partial charge on any atom is -0.319 e. The van der Waals surface area contributed by atoms with E-state index in [-0.39, 0.29) is 0 Å². The van der Waals surface area contributed by atoms with Crippen LogP contribution in [-0.2, 0) is 10.2 Å². The van der Waals surface area contributed by atoms with Gasteiger partial charge in [0.05, 0.1) is 0 Å². The largest absolute Gasteiger partial charge is 0.319 e. The van der Waals surface area contributed by atoms with Gasteiger partial charge in [0.25, 0.3) is 10.2 Å². The fourth-order valence-electron chi connectivity index (χ4n) is 2.54. The van der Waals surface area contributed by atoms with Crippen LogP contribution in [0.3, 0.4) is 0 Å². The van der Waals surface area contributed by atoms with Gasteiger partial charge >= 0.3 is 0 Å². The van der Waals surface area contributed by atoms with Gasteiger partial charge in [0.2, 0.25) is 0 Å². The summed E-state index contributed by atoms with van der Waals surface area (Å²) in [6.07, 6.45) is 7.35. The first-order valence-electron chi connectivity index (χ1n) is 7.48. The Labute approximate surface area is 128 Å². The summed E-state index contributed by atoms with van der Waals surface area (Å²) >= 11 is 1.84. The molecule has 1 atom stereocenters. The molecule has 0 spiro atoms. The van der Waals surface area contributed by atoms with Crippen LogP contribution < -0.4 is 10.0 Å². The summed E-state index contributed by atoms with van der Waals surface area (Å²) in [6, 6.07) is 0. The van der Waals surface area contributed by atoms with Crippen LogP contribution in [0.1, 0.15) is 32.1 Å². The molecule has 0 aromatic heterocycles. The van der Waals surface area contributed by atoms with Crippen molar-refractivity contribution in [2.75, 3.05) is 45.2 Å². The van der Waals surface area contributed by atoms with Crippen LogP contribution in [0.4, 0.5) is 0 Å². The van der Waals surface area contributed by atoms with Crippen molar-refractivity contribution >= 4 is 22.0 Å². The quantitative estimate of drug-likeness (QED) is 0.595. The second-order valence-electron chi connectivity index (χ2n) is 5.38. The third kappa shape index (κ3) is 6.76. The summed E-state index contributed by atoms with van der Waals surface area (Å²) in [5.74, 6) is 1.59. The molecule has 1 aliphatic rings. The van der Waals surface area contributed by atoms with E-state index >= 15 is 0 Å². The fourth-order valence-corrected chi connectivity index (χ4v) is 4.40. The van der Waals surface area contributed by atoms with E-state index in [2.05, 4.69) is 16.3 Å². The second kappa shape index (κ2) is 10.00. The van der Waals surface area contributed by atoms with Crippen LogP contribution in [-0.4, -0.2) is 58.0 Å². The average Bonchev–Trinajstić information content (AvgIpc) is 2.43. The first-order chi connectivity index (χ1) is 9.60. The molecule has 1 saturated heterocycles. The van der Waals surface area contributed by atoms with Crippen LogP contribution in [0.25, 0.3) is 0 Å². The second-order valence-corrected chi connectivity index (χ2v) is 8.12. The number of hydrogen-bond acceptors (Lipinski definition) is 4. The molecule has 20 heavy (non-hydrogen) atoms. The van der Waals surface area contributed by atoms with E-state index in [4.69, 9.17) is 0 Å². The molecule has 0 aromatic rings. The molecule has 0 aromatic carbocycles. The highest BCUT2D eigenvalue weighted by molar-refractivity contribution is 7.98. The van der Waals surface area contributed by atoms with E-state index in [1.807, 2.05) is 18.8 Å². The molecule has 0 aliphatic carbocycles. The van der Waals surface area contributed by atoms with Crippen LogP contribution in [0, 0.1) is 5.92 Å². The van der Waals surface area contributed by atoms with Crippen molar-refractivity contribution in [2.45, 2.75) is 32.1 Å². The maximum absolute atomic E-state index is 12.2. The number of hydrogen-bond donors (Lipinski definition) is 2. The minimum absolute atomic E-state index is 0.437. The number of piperidine rings is 1.